The van der Waals surface area contributed by atoms with E-state index in [-0.39, 0.29) is 11.8 Å². The van der Waals surface area contributed by atoms with E-state index in [1.165, 1.54) is 11.1 Å². The molecule has 2 amide bonds. The molecule has 2 N–H and O–H groups in total. The van der Waals surface area contributed by atoms with E-state index in [0.717, 1.165) is 57.4 Å². The standard InChI is InChI=1S/C29H36N6O2/c1-21-7-9-22(10-8-21)25-20-27(25)30-15-5-6-26(29(37)34-17-3-2-4-18-34)32-28(36)23-11-13-24(14-12-23)35-19-16-31-33-35/h7-14,16,19,25-27,30H,2-6,15,17-18,20H2,1H3,(H,32,36)/t25-,26-,27+/m0/s1. The number of hydrogen-bond donors (Lipinski definition) is 2. The molecule has 3 atom stereocenters. The van der Waals surface area contributed by atoms with Crippen LogP contribution < -0.4 is 10.6 Å². The number of rotatable bonds is 10. The second-order valence-corrected chi connectivity index (χ2v) is 10.3. The van der Waals surface area contributed by atoms with Crippen LogP contribution in [0.2, 0.25) is 0 Å². The maximum atomic E-state index is 13.4. The van der Waals surface area contributed by atoms with Crippen molar-refractivity contribution in [2.24, 2.45) is 0 Å². The van der Waals surface area contributed by atoms with Gasteiger partial charge in [0.05, 0.1) is 18.1 Å². The van der Waals surface area contributed by atoms with Gasteiger partial charge < -0.3 is 15.5 Å². The average molecular weight is 501 g/mol. The number of aromatic nitrogens is 3. The Morgan fingerprint density at radius 3 is 2.49 bits per heavy atom. The van der Waals surface area contributed by atoms with E-state index < -0.39 is 6.04 Å². The molecule has 8 heteroatoms. The number of nitrogens with one attached hydrogen (secondary N) is 2. The lowest BCUT2D eigenvalue weighted by Crippen LogP contribution is -2.50. The lowest BCUT2D eigenvalue weighted by Gasteiger charge is -2.31. The number of hydrogen-bond acceptors (Lipinski definition) is 5. The Bertz CT molecular complexity index is 1170. The van der Waals surface area contributed by atoms with Gasteiger partial charge in [0.2, 0.25) is 5.91 Å². The summed E-state index contributed by atoms with van der Waals surface area (Å²) < 4.78 is 1.64. The highest BCUT2D eigenvalue weighted by Crippen LogP contribution is 2.40. The number of likely N-dealkylation sites (tertiary alicyclic amines) is 1. The third-order valence-corrected chi connectivity index (χ3v) is 7.46. The van der Waals surface area contributed by atoms with Crippen molar-refractivity contribution in [3.8, 4) is 5.69 Å². The maximum Gasteiger partial charge on any atom is 0.251 e. The number of amides is 2. The quantitative estimate of drug-likeness (QED) is 0.415. The molecule has 8 nitrogen and oxygen atoms in total. The minimum absolute atomic E-state index is 0.0382. The molecule has 2 heterocycles. The largest absolute Gasteiger partial charge is 0.341 e. The van der Waals surface area contributed by atoms with Crippen LogP contribution in [-0.2, 0) is 4.79 Å². The molecule has 0 unspecified atom stereocenters. The van der Waals surface area contributed by atoms with Crippen LogP contribution in [0.25, 0.3) is 5.69 Å². The SMILES string of the molecule is Cc1ccc([C@@H]2C[C@H]2NCCC[C@H](NC(=O)c2ccc(-n3ccnn3)cc2)C(=O)N2CCCCC2)cc1. The van der Waals surface area contributed by atoms with Gasteiger partial charge in [0.25, 0.3) is 5.91 Å². The highest BCUT2D eigenvalue weighted by molar-refractivity contribution is 5.97. The molecule has 2 aliphatic rings. The third kappa shape index (κ3) is 6.43. The zero-order valence-corrected chi connectivity index (χ0v) is 21.5. The molecule has 1 aliphatic carbocycles. The minimum Gasteiger partial charge on any atom is -0.341 e. The van der Waals surface area contributed by atoms with Crippen LogP contribution in [0.3, 0.4) is 0 Å². The summed E-state index contributed by atoms with van der Waals surface area (Å²) in [5, 5.41) is 14.5. The fraction of sp³-hybridized carbons (Fsp3) is 0.448. The Hall–Kier alpha value is -3.52. The fourth-order valence-electron chi connectivity index (χ4n) is 5.14. The molecule has 0 radical (unpaired) electrons. The second-order valence-electron chi connectivity index (χ2n) is 10.3. The van der Waals surface area contributed by atoms with Crippen molar-refractivity contribution in [1.29, 1.82) is 0 Å². The van der Waals surface area contributed by atoms with Crippen molar-refractivity contribution in [2.45, 2.75) is 63.5 Å². The molecule has 1 saturated heterocycles. The van der Waals surface area contributed by atoms with E-state index in [1.54, 1.807) is 29.2 Å². The summed E-state index contributed by atoms with van der Waals surface area (Å²) in [6.45, 7) is 4.49. The third-order valence-electron chi connectivity index (χ3n) is 7.46. The number of nitrogens with zero attached hydrogens (tertiary/aromatic N) is 4. The van der Waals surface area contributed by atoms with Crippen molar-refractivity contribution in [3.63, 3.8) is 0 Å². The number of carbonyl (C=O) groups excluding carboxylic acids is 2. The lowest BCUT2D eigenvalue weighted by atomic mass is 10.1. The highest BCUT2D eigenvalue weighted by atomic mass is 16.2. The van der Waals surface area contributed by atoms with Crippen LogP contribution in [0.1, 0.15) is 65.9 Å². The van der Waals surface area contributed by atoms with Gasteiger partial charge in [0.1, 0.15) is 6.04 Å². The molecule has 0 spiro atoms. The van der Waals surface area contributed by atoms with Gasteiger partial charge in [0.15, 0.2) is 0 Å². The van der Waals surface area contributed by atoms with Crippen molar-refractivity contribution >= 4 is 11.8 Å². The predicted molar refractivity (Wildman–Crippen MR) is 143 cm³/mol. The van der Waals surface area contributed by atoms with Gasteiger partial charge >= 0.3 is 0 Å². The Balaban J connectivity index is 1.16. The highest BCUT2D eigenvalue weighted by Gasteiger charge is 2.37. The summed E-state index contributed by atoms with van der Waals surface area (Å²) in [7, 11) is 0. The van der Waals surface area contributed by atoms with E-state index >= 15 is 0 Å². The molecule has 3 aromatic rings. The van der Waals surface area contributed by atoms with Gasteiger partial charge in [-0.05, 0) is 81.8 Å². The lowest BCUT2D eigenvalue weighted by molar-refractivity contribution is -0.134. The van der Waals surface area contributed by atoms with Gasteiger partial charge in [-0.3, -0.25) is 9.59 Å². The van der Waals surface area contributed by atoms with Crippen molar-refractivity contribution in [3.05, 3.63) is 77.6 Å². The van der Waals surface area contributed by atoms with Gasteiger partial charge in [0, 0.05) is 30.6 Å². The zero-order chi connectivity index (χ0) is 25.6. The van der Waals surface area contributed by atoms with E-state index in [1.807, 2.05) is 17.0 Å². The Labute approximate surface area is 218 Å². The van der Waals surface area contributed by atoms with E-state index in [4.69, 9.17) is 0 Å². The molecule has 2 aromatic carbocycles. The average Bonchev–Trinajstić information content (AvgIpc) is 3.49. The minimum atomic E-state index is -0.519. The van der Waals surface area contributed by atoms with Gasteiger partial charge in [-0.2, -0.15) is 0 Å². The number of piperidine rings is 1. The first kappa shape index (κ1) is 25.1. The normalized spacial score (nSPS) is 19.9. The first-order valence-electron chi connectivity index (χ1n) is 13.4. The second kappa shape index (κ2) is 11.7. The first-order chi connectivity index (χ1) is 18.1. The zero-order valence-electron chi connectivity index (χ0n) is 21.5. The van der Waals surface area contributed by atoms with Gasteiger partial charge in [-0.1, -0.05) is 35.0 Å². The molecule has 5 rings (SSSR count). The number of aryl methyl sites for hydroxylation is 1. The summed E-state index contributed by atoms with van der Waals surface area (Å²) in [6.07, 6.45) is 9.17. The van der Waals surface area contributed by atoms with Gasteiger partial charge in [-0.15, -0.1) is 5.10 Å². The topological polar surface area (TPSA) is 92.1 Å². The molecular weight excluding hydrogens is 464 g/mol. The van der Waals surface area contributed by atoms with Crippen molar-refractivity contribution in [1.82, 2.24) is 30.5 Å². The first-order valence-corrected chi connectivity index (χ1v) is 13.4. The molecule has 0 bridgehead atoms. The molecule has 2 fully saturated rings. The van der Waals surface area contributed by atoms with Crippen LogP contribution in [-0.4, -0.2) is 63.4 Å². The Kier molecular flexibility index (Phi) is 7.94. The predicted octanol–water partition coefficient (Wildman–Crippen LogP) is 3.61. The summed E-state index contributed by atoms with van der Waals surface area (Å²) in [4.78, 5) is 28.4. The Morgan fingerprint density at radius 1 is 1.03 bits per heavy atom. The molecular formula is C29H36N6O2. The van der Waals surface area contributed by atoms with Crippen LogP contribution in [0.5, 0.6) is 0 Å². The number of carbonyl (C=O) groups is 2. The summed E-state index contributed by atoms with van der Waals surface area (Å²) in [5.74, 6) is 0.387. The van der Waals surface area contributed by atoms with Crippen LogP contribution in [0.4, 0.5) is 0 Å². The molecule has 1 saturated carbocycles. The van der Waals surface area contributed by atoms with Crippen molar-refractivity contribution in [2.75, 3.05) is 19.6 Å². The van der Waals surface area contributed by atoms with E-state index in [9.17, 15) is 9.59 Å². The maximum absolute atomic E-state index is 13.4. The van der Waals surface area contributed by atoms with Crippen LogP contribution in [0, 0.1) is 6.92 Å². The van der Waals surface area contributed by atoms with Gasteiger partial charge in [-0.25, -0.2) is 4.68 Å². The van der Waals surface area contributed by atoms with E-state index in [0.29, 0.717) is 23.9 Å². The molecule has 37 heavy (non-hydrogen) atoms. The number of benzene rings is 2. The smallest absolute Gasteiger partial charge is 0.251 e. The molecule has 1 aliphatic heterocycles. The van der Waals surface area contributed by atoms with Crippen molar-refractivity contribution < 1.29 is 9.59 Å². The molecule has 194 valence electrons. The van der Waals surface area contributed by atoms with Crippen LogP contribution >= 0.6 is 0 Å². The monoisotopic (exact) mass is 500 g/mol. The summed E-state index contributed by atoms with van der Waals surface area (Å²) in [6, 6.07) is 15.9. The van der Waals surface area contributed by atoms with E-state index in [2.05, 4.69) is 52.1 Å². The fourth-order valence-corrected chi connectivity index (χ4v) is 5.14. The van der Waals surface area contributed by atoms with Crippen LogP contribution in [0.15, 0.2) is 60.9 Å². The Morgan fingerprint density at radius 2 is 1.78 bits per heavy atom. The molecule has 1 aromatic heterocycles. The summed E-state index contributed by atoms with van der Waals surface area (Å²) >= 11 is 0. The summed E-state index contributed by atoms with van der Waals surface area (Å²) in [5.41, 5.74) is 4.03.